The second-order valence-corrected chi connectivity index (χ2v) is 5.92. The highest BCUT2D eigenvalue weighted by Crippen LogP contribution is 2.49. The van der Waals surface area contributed by atoms with Gasteiger partial charge in [0.1, 0.15) is 0 Å². The molecule has 0 unspecified atom stereocenters. The molecular weight excluding hydrogens is 236 g/mol. The Bertz CT molecular complexity index is 445. The molecule has 1 aliphatic heterocycles. The predicted molar refractivity (Wildman–Crippen MR) is 75.7 cm³/mol. The molecule has 1 aromatic rings. The number of nitrogens with two attached hydrogens (primary N) is 1. The minimum atomic E-state index is -0.198. The molecule has 2 aliphatic rings. The lowest BCUT2D eigenvalue weighted by molar-refractivity contribution is -0.135. The molecule has 3 heteroatoms. The van der Waals surface area contributed by atoms with Crippen molar-refractivity contribution in [2.24, 2.45) is 11.7 Å². The molecule has 2 N–H and O–H groups in total. The summed E-state index contributed by atoms with van der Waals surface area (Å²) >= 11 is 0. The predicted octanol–water partition coefficient (Wildman–Crippen LogP) is 1.92. The Morgan fingerprint density at radius 1 is 1.21 bits per heavy atom. The van der Waals surface area contributed by atoms with Gasteiger partial charge in [-0.15, -0.1) is 0 Å². The molecule has 0 radical (unpaired) electrons. The first-order valence-corrected chi connectivity index (χ1v) is 7.31. The maximum absolute atomic E-state index is 12.8. The third-order valence-electron chi connectivity index (χ3n) is 4.72. The summed E-state index contributed by atoms with van der Waals surface area (Å²) in [4.78, 5) is 14.8. The minimum Gasteiger partial charge on any atom is -0.342 e. The highest BCUT2D eigenvalue weighted by atomic mass is 16.2. The lowest BCUT2D eigenvalue weighted by Crippen LogP contribution is -2.44. The van der Waals surface area contributed by atoms with Crippen LogP contribution in [0.15, 0.2) is 30.3 Å². The molecule has 0 atom stereocenters. The van der Waals surface area contributed by atoms with E-state index in [0.29, 0.717) is 11.8 Å². The number of carbonyl (C=O) groups is 1. The van der Waals surface area contributed by atoms with Crippen LogP contribution in [0.2, 0.25) is 0 Å². The van der Waals surface area contributed by atoms with Crippen LogP contribution in [-0.2, 0) is 10.2 Å². The molecular formula is C16H22N2O. The van der Waals surface area contributed by atoms with Crippen LogP contribution >= 0.6 is 0 Å². The Morgan fingerprint density at radius 2 is 1.84 bits per heavy atom. The molecule has 102 valence electrons. The molecule has 1 aromatic carbocycles. The third-order valence-corrected chi connectivity index (χ3v) is 4.72. The number of hydrogen-bond acceptors (Lipinski definition) is 2. The van der Waals surface area contributed by atoms with E-state index in [1.807, 2.05) is 18.2 Å². The summed E-state index contributed by atoms with van der Waals surface area (Å²) < 4.78 is 0. The van der Waals surface area contributed by atoms with Gasteiger partial charge in [0.25, 0.3) is 0 Å². The van der Waals surface area contributed by atoms with E-state index in [2.05, 4.69) is 17.0 Å². The van der Waals surface area contributed by atoms with Gasteiger partial charge in [0.15, 0.2) is 0 Å². The lowest BCUT2D eigenvalue weighted by Gasteiger charge is -2.34. The highest BCUT2D eigenvalue weighted by molar-refractivity contribution is 5.91. The molecule has 0 spiro atoms. The number of nitrogens with zero attached hydrogens (tertiary/aromatic N) is 1. The quantitative estimate of drug-likeness (QED) is 0.900. The van der Waals surface area contributed by atoms with Crippen molar-refractivity contribution in [3.8, 4) is 0 Å². The summed E-state index contributed by atoms with van der Waals surface area (Å²) in [6.07, 6.45) is 4.14. The molecule has 3 rings (SSSR count). The summed E-state index contributed by atoms with van der Waals surface area (Å²) in [5.41, 5.74) is 6.71. The van der Waals surface area contributed by atoms with E-state index in [0.717, 1.165) is 45.3 Å². The largest absolute Gasteiger partial charge is 0.342 e. The Labute approximate surface area is 114 Å². The molecule has 3 nitrogen and oxygen atoms in total. The van der Waals surface area contributed by atoms with Gasteiger partial charge in [0, 0.05) is 13.1 Å². The topological polar surface area (TPSA) is 46.3 Å². The van der Waals surface area contributed by atoms with E-state index in [1.54, 1.807) is 0 Å². The van der Waals surface area contributed by atoms with Gasteiger partial charge in [0.2, 0.25) is 5.91 Å². The molecule has 1 saturated heterocycles. The molecule has 19 heavy (non-hydrogen) atoms. The monoisotopic (exact) mass is 258 g/mol. The molecule has 2 fully saturated rings. The molecule has 0 aromatic heterocycles. The number of amides is 1. The van der Waals surface area contributed by atoms with Crippen LogP contribution in [0, 0.1) is 5.92 Å². The van der Waals surface area contributed by atoms with E-state index < -0.39 is 0 Å². The fourth-order valence-electron chi connectivity index (χ4n) is 3.18. The van der Waals surface area contributed by atoms with E-state index in [4.69, 9.17) is 5.73 Å². The van der Waals surface area contributed by atoms with Crippen LogP contribution in [0.4, 0.5) is 0 Å². The molecule has 0 bridgehead atoms. The second kappa shape index (κ2) is 4.97. The summed E-state index contributed by atoms with van der Waals surface area (Å²) in [6.45, 7) is 2.52. The van der Waals surface area contributed by atoms with E-state index in [-0.39, 0.29) is 5.41 Å². The molecule has 1 saturated carbocycles. The van der Waals surface area contributed by atoms with Crippen LogP contribution in [0.3, 0.4) is 0 Å². The standard InChI is InChI=1S/C16H22N2O/c17-12-13-6-10-18(11-7-13)15(19)16(8-9-16)14-4-2-1-3-5-14/h1-5,13H,6-12,17H2. The van der Waals surface area contributed by atoms with Crippen LogP contribution in [0.1, 0.15) is 31.2 Å². The second-order valence-electron chi connectivity index (χ2n) is 5.92. The van der Waals surface area contributed by atoms with Gasteiger partial charge in [-0.1, -0.05) is 30.3 Å². The van der Waals surface area contributed by atoms with Gasteiger partial charge in [-0.3, -0.25) is 4.79 Å². The van der Waals surface area contributed by atoms with E-state index in [1.165, 1.54) is 5.56 Å². The Hall–Kier alpha value is -1.35. The zero-order chi connectivity index (χ0) is 13.3. The molecule has 1 amide bonds. The van der Waals surface area contributed by atoms with Gasteiger partial charge in [-0.05, 0) is 43.7 Å². The normalized spacial score (nSPS) is 22.3. The SMILES string of the molecule is NCC1CCN(C(=O)C2(c3ccccc3)CC2)CC1. The average molecular weight is 258 g/mol. The number of carbonyl (C=O) groups excluding carboxylic acids is 1. The maximum Gasteiger partial charge on any atom is 0.233 e. The maximum atomic E-state index is 12.8. The number of rotatable bonds is 3. The van der Waals surface area contributed by atoms with Gasteiger partial charge in [0.05, 0.1) is 5.41 Å². The smallest absolute Gasteiger partial charge is 0.233 e. The van der Waals surface area contributed by atoms with Crippen molar-refractivity contribution in [2.75, 3.05) is 19.6 Å². The van der Waals surface area contributed by atoms with Gasteiger partial charge >= 0.3 is 0 Å². The number of likely N-dealkylation sites (tertiary alicyclic amines) is 1. The summed E-state index contributed by atoms with van der Waals surface area (Å²) in [5, 5.41) is 0. The first kappa shape index (κ1) is 12.7. The lowest BCUT2D eigenvalue weighted by atomic mass is 9.91. The van der Waals surface area contributed by atoms with Crippen LogP contribution < -0.4 is 5.73 Å². The van der Waals surface area contributed by atoms with Crippen molar-refractivity contribution in [3.05, 3.63) is 35.9 Å². The van der Waals surface area contributed by atoms with Crippen LogP contribution in [0.25, 0.3) is 0 Å². The minimum absolute atomic E-state index is 0.198. The number of piperidine rings is 1. The molecule has 1 aliphatic carbocycles. The first-order chi connectivity index (χ1) is 9.26. The zero-order valence-corrected chi connectivity index (χ0v) is 11.3. The van der Waals surface area contributed by atoms with Gasteiger partial charge < -0.3 is 10.6 Å². The zero-order valence-electron chi connectivity index (χ0n) is 11.3. The third kappa shape index (κ3) is 2.27. The van der Waals surface area contributed by atoms with Crippen molar-refractivity contribution < 1.29 is 4.79 Å². The Balaban J connectivity index is 1.71. The fraction of sp³-hybridized carbons (Fsp3) is 0.562. The van der Waals surface area contributed by atoms with Crippen LogP contribution in [0.5, 0.6) is 0 Å². The van der Waals surface area contributed by atoms with Crippen molar-refractivity contribution in [2.45, 2.75) is 31.1 Å². The van der Waals surface area contributed by atoms with Gasteiger partial charge in [-0.2, -0.15) is 0 Å². The van der Waals surface area contributed by atoms with E-state index >= 15 is 0 Å². The fourth-order valence-corrected chi connectivity index (χ4v) is 3.18. The van der Waals surface area contributed by atoms with Gasteiger partial charge in [-0.25, -0.2) is 0 Å². The number of benzene rings is 1. The highest BCUT2D eigenvalue weighted by Gasteiger charge is 2.53. The Kier molecular flexibility index (Phi) is 3.31. The Morgan fingerprint density at radius 3 is 2.37 bits per heavy atom. The van der Waals surface area contributed by atoms with Crippen molar-refractivity contribution in [1.82, 2.24) is 4.90 Å². The molecule has 1 heterocycles. The average Bonchev–Trinajstić information content (AvgIpc) is 3.29. The van der Waals surface area contributed by atoms with E-state index in [9.17, 15) is 4.79 Å². The summed E-state index contributed by atoms with van der Waals surface area (Å²) in [6, 6.07) is 10.3. The summed E-state index contributed by atoms with van der Waals surface area (Å²) in [7, 11) is 0. The summed E-state index contributed by atoms with van der Waals surface area (Å²) in [5.74, 6) is 0.949. The number of hydrogen-bond donors (Lipinski definition) is 1. The van der Waals surface area contributed by atoms with Crippen molar-refractivity contribution in [1.29, 1.82) is 0 Å². The van der Waals surface area contributed by atoms with Crippen LogP contribution in [-0.4, -0.2) is 30.4 Å². The first-order valence-electron chi connectivity index (χ1n) is 7.31. The van der Waals surface area contributed by atoms with Crippen molar-refractivity contribution >= 4 is 5.91 Å². The van der Waals surface area contributed by atoms with Crippen molar-refractivity contribution in [3.63, 3.8) is 0 Å².